The van der Waals surface area contributed by atoms with Crippen molar-refractivity contribution >= 4 is 72.4 Å². The van der Waals surface area contributed by atoms with Crippen molar-refractivity contribution in [1.29, 1.82) is 0 Å². The lowest BCUT2D eigenvalue weighted by Gasteiger charge is -2.37. The van der Waals surface area contributed by atoms with Crippen LogP contribution in [0.4, 0.5) is 10.5 Å². The Balaban J connectivity index is 1.04. The Hall–Kier alpha value is -4.48. The first-order valence-corrected chi connectivity index (χ1v) is 23.6. The van der Waals surface area contributed by atoms with E-state index in [0.717, 1.165) is 37.3 Å². The standard InChI is InChI=1S/C46H50N4O3P2S/c1-46(32-54(36-19-6-2-7-20-36)37-21-8-3-9-22-37,33-55(38-23-10-4-11-24-38)39-25-12-5-13-26-39)31-47-44(52)34-17-16-18-35(29-34)48-42(51)28-15-14-27-41-43-40(30-56-41)49-45(53)50-43/h2-13,16-26,29,40-41,43H,14-15,27-28,30-33H2,1H3,(H,47,52)(H,48,51)(H2,49,50,53)/t40-,41-,43-/m0/s1. The summed E-state index contributed by atoms with van der Waals surface area (Å²) < 4.78 is 0. The van der Waals surface area contributed by atoms with Gasteiger partial charge in [0.1, 0.15) is 0 Å². The predicted octanol–water partition coefficient (Wildman–Crippen LogP) is 7.35. The van der Waals surface area contributed by atoms with Crippen LogP contribution in [0.5, 0.6) is 0 Å². The van der Waals surface area contributed by atoms with Crippen LogP contribution in [0.1, 0.15) is 43.0 Å². The summed E-state index contributed by atoms with van der Waals surface area (Å²) in [6.07, 6.45) is 4.85. The Morgan fingerprint density at radius 2 is 1.25 bits per heavy atom. The van der Waals surface area contributed by atoms with Gasteiger partial charge in [-0.3, -0.25) is 9.59 Å². The maximum absolute atomic E-state index is 14.0. The second-order valence-electron chi connectivity index (χ2n) is 15.0. The quantitative estimate of drug-likeness (QED) is 0.0449. The van der Waals surface area contributed by atoms with Gasteiger partial charge in [0.15, 0.2) is 0 Å². The molecule has 2 saturated heterocycles. The minimum Gasteiger partial charge on any atom is -0.351 e. The number of fused-ring (bicyclic) bond motifs is 1. The van der Waals surface area contributed by atoms with Crippen molar-refractivity contribution in [2.75, 3.05) is 29.9 Å². The van der Waals surface area contributed by atoms with Crippen LogP contribution in [0, 0.1) is 5.41 Å². The molecule has 5 aromatic rings. The number of unbranched alkanes of at least 4 members (excludes halogenated alkanes) is 1. The molecular weight excluding hydrogens is 751 g/mol. The van der Waals surface area contributed by atoms with E-state index in [4.69, 9.17) is 0 Å². The van der Waals surface area contributed by atoms with Gasteiger partial charge < -0.3 is 21.3 Å². The van der Waals surface area contributed by atoms with Crippen molar-refractivity contribution in [1.82, 2.24) is 16.0 Å². The molecule has 4 N–H and O–H groups in total. The van der Waals surface area contributed by atoms with Crippen molar-refractivity contribution in [2.24, 2.45) is 5.41 Å². The minimum absolute atomic E-state index is 0.0618. The fourth-order valence-electron chi connectivity index (χ4n) is 7.65. The molecule has 288 valence electrons. The number of thioether (sulfide) groups is 1. The van der Waals surface area contributed by atoms with Crippen LogP contribution in [-0.2, 0) is 4.79 Å². The summed E-state index contributed by atoms with van der Waals surface area (Å²) in [4.78, 5) is 38.6. The third-order valence-electron chi connectivity index (χ3n) is 10.5. The van der Waals surface area contributed by atoms with Crippen LogP contribution < -0.4 is 42.5 Å². The van der Waals surface area contributed by atoms with Gasteiger partial charge >= 0.3 is 6.03 Å². The van der Waals surface area contributed by atoms with Gasteiger partial charge in [0.25, 0.3) is 5.91 Å². The molecule has 3 atom stereocenters. The Morgan fingerprint density at radius 3 is 1.79 bits per heavy atom. The highest BCUT2D eigenvalue weighted by Gasteiger charge is 2.42. The number of hydrogen-bond acceptors (Lipinski definition) is 4. The highest BCUT2D eigenvalue weighted by atomic mass is 32.2. The fraction of sp³-hybridized carbons (Fsp3) is 0.283. The molecule has 56 heavy (non-hydrogen) atoms. The summed E-state index contributed by atoms with van der Waals surface area (Å²) >= 11 is 1.89. The number of amides is 4. The van der Waals surface area contributed by atoms with Crippen molar-refractivity contribution < 1.29 is 14.4 Å². The van der Waals surface area contributed by atoms with E-state index in [1.165, 1.54) is 21.2 Å². The number of urea groups is 1. The average Bonchev–Trinajstić information content (AvgIpc) is 3.80. The zero-order valence-corrected chi connectivity index (χ0v) is 34.4. The van der Waals surface area contributed by atoms with Crippen LogP contribution in [0.15, 0.2) is 146 Å². The van der Waals surface area contributed by atoms with Gasteiger partial charge in [-0.25, -0.2) is 4.79 Å². The number of rotatable bonds is 17. The normalized spacial score (nSPS) is 17.6. The molecule has 0 bridgehead atoms. The first kappa shape index (κ1) is 39.7. The molecule has 0 unspecified atom stereocenters. The van der Waals surface area contributed by atoms with E-state index in [1.54, 1.807) is 6.07 Å². The molecule has 7 rings (SSSR count). The van der Waals surface area contributed by atoms with E-state index in [9.17, 15) is 14.4 Å². The molecule has 0 spiro atoms. The Bertz CT molecular complexity index is 1890. The van der Waals surface area contributed by atoms with Crippen molar-refractivity contribution in [3.8, 4) is 0 Å². The first-order valence-electron chi connectivity index (χ1n) is 19.5. The molecule has 4 amide bonds. The van der Waals surface area contributed by atoms with Crippen LogP contribution in [-0.4, -0.2) is 59.8 Å². The molecule has 2 fully saturated rings. The molecule has 5 aromatic carbocycles. The summed E-state index contributed by atoms with van der Waals surface area (Å²) in [5.41, 5.74) is 0.869. The van der Waals surface area contributed by atoms with Crippen LogP contribution >= 0.6 is 27.6 Å². The lowest BCUT2D eigenvalue weighted by molar-refractivity contribution is -0.116. The van der Waals surface area contributed by atoms with E-state index in [1.807, 2.05) is 30.0 Å². The monoisotopic (exact) mass is 800 g/mol. The van der Waals surface area contributed by atoms with Crippen molar-refractivity contribution in [3.63, 3.8) is 0 Å². The number of nitrogens with one attached hydrogen (secondary N) is 4. The summed E-state index contributed by atoms with van der Waals surface area (Å²) in [6.45, 7) is 2.84. The van der Waals surface area contributed by atoms with Gasteiger partial charge in [-0.1, -0.05) is 141 Å². The van der Waals surface area contributed by atoms with E-state index in [0.29, 0.717) is 29.5 Å². The van der Waals surface area contributed by atoms with Gasteiger partial charge in [-0.2, -0.15) is 11.8 Å². The number of carbonyl (C=O) groups excluding carboxylic acids is 3. The van der Waals surface area contributed by atoms with Crippen molar-refractivity contribution in [3.05, 3.63) is 151 Å². The lowest BCUT2D eigenvalue weighted by Crippen LogP contribution is -2.42. The lowest BCUT2D eigenvalue weighted by atomic mass is 9.96. The van der Waals surface area contributed by atoms with Gasteiger partial charge in [0.05, 0.1) is 12.1 Å². The minimum atomic E-state index is -0.730. The van der Waals surface area contributed by atoms with E-state index < -0.39 is 15.8 Å². The zero-order chi connectivity index (χ0) is 38.7. The average molecular weight is 801 g/mol. The second-order valence-corrected chi connectivity index (χ2v) is 20.7. The molecular formula is C46H50N4O3P2S. The molecule has 0 aliphatic carbocycles. The number of anilines is 1. The number of benzene rings is 5. The topological polar surface area (TPSA) is 99.3 Å². The number of carbonyl (C=O) groups is 3. The fourth-order valence-corrected chi connectivity index (χ4v) is 14.8. The molecule has 7 nitrogen and oxygen atoms in total. The van der Waals surface area contributed by atoms with Gasteiger partial charge in [0.2, 0.25) is 5.91 Å². The largest absolute Gasteiger partial charge is 0.351 e. The Morgan fingerprint density at radius 1 is 0.714 bits per heavy atom. The smallest absolute Gasteiger partial charge is 0.315 e. The second kappa shape index (κ2) is 19.1. The zero-order valence-electron chi connectivity index (χ0n) is 31.8. The SMILES string of the molecule is CC(CNC(=O)c1cccc(NC(=O)CCCC[C@@H]2SC[C@@H]3NC(=O)N[C@@H]32)c1)(CP(c1ccccc1)c1ccccc1)CP(c1ccccc1)c1ccccc1. The summed E-state index contributed by atoms with van der Waals surface area (Å²) in [6, 6.07) is 50.8. The van der Waals surface area contributed by atoms with Gasteiger partial charge in [-0.05, 0) is 85.8 Å². The summed E-state index contributed by atoms with van der Waals surface area (Å²) in [7, 11) is -1.46. The van der Waals surface area contributed by atoms with Crippen LogP contribution in [0.2, 0.25) is 0 Å². The van der Waals surface area contributed by atoms with Crippen molar-refractivity contribution in [2.45, 2.75) is 49.9 Å². The maximum Gasteiger partial charge on any atom is 0.315 e. The molecule has 0 saturated carbocycles. The molecule has 2 aliphatic rings. The van der Waals surface area contributed by atoms with E-state index >= 15 is 0 Å². The van der Waals surface area contributed by atoms with Crippen LogP contribution in [0.3, 0.4) is 0 Å². The predicted molar refractivity (Wildman–Crippen MR) is 237 cm³/mol. The Kier molecular flexibility index (Phi) is 13.6. The van der Waals surface area contributed by atoms with Gasteiger partial charge in [-0.15, -0.1) is 0 Å². The third-order valence-corrected chi connectivity index (χ3v) is 17.9. The molecule has 0 radical (unpaired) electrons. The maximum atomic E-state index is 14.0. The number of hydrogen-bond donors (Lipinski definition) is 4. The molecule has 10 heteroatoms. The summed E-state index contributed by atoms with van der Waals surface area (Å²) in [5, 5.41) is 18.1. The van der Waals surface area contributed by atoms with Crippen LogP contribution in [0.25, 0.3) is 0 Å². The third kappa shape index (κ3) is 10.5. The molecule has 2 aliphatic heterocycles. The highest BCUT2D eigenvalue weighted by molar-refractivity contribution is 8.00. The van der Waals surface area contributed by atoms with E-state index in [2.05, 4.69) is 150 Å². The van der Waals surface area contributed by atoms with Gasteiger partial charge in [0, 0.05) is 35.2 Å². The molecule has 0 aromatic heterocycles. The first-order chi connectivity index (χ1) is 27.3. The van der Waals surface area contributed by atoms with E-state index in [-0.39, 0.29) is 35.3 Å². The highest BCUT2D eigenvalue weighted by Crippen LogP contribution is 2.47. The Labute approximate surface area is 337 Å². The molecule has 2 heterocycles. The summed E-state index contributed by atoms with van der Waals surface area (Å²) in [5.74, 6) is 0.720.